The molecule has 2 heterocycles. The molecule has 0 fully saturated rings. The van der Waals surface area contributed by atoms with Crippen LogP contribution >= 0.6 is 0 Å². The predicted molar refractivity (Wildman–Crippen MR) is 126 cm³/mol. The van der Waals surface area contributed by atoms with E-state index in [1.165, 1.54) is 7.05 Å². The summed E-state index contributed by atoms with van der Waals surface area (Å²) < 4.78 is 19.9. The lowest BCUT2D eigenvalue weighted by Gasteiger charge is -2.18. The molecule has 1 aliphatic rings. The molecule has 0 bridgehead atoms. The molecule has 0 saturated heterocycles. The van der Waals surface area contributed by atoms with Gasteiger partial charge in [0, 0.05) is 30.7 Å². The normalized spacial score (nSPS) is 12.7. The van der Waals surface area contributed by atoms with Crippen molar-refractivity contribution in [3.05, 3.63) is 84.3 Å². The highest BCUT2D eigenvalue weighted by atomic mass is 19.2. The minimum atomic E-state index is 0.473. The molecule has 1 aliphatic heterocycles. The predicted octanol–water partition coefficient (Wildman–Crippen LogP) is 6.66. The molecular weight excluding hydrogens is 391 g/mol. The van der Waals surface area contributed by atoms with Gasteiger partial charge in [0.25, 0.3) is 0 Å². The van der Waals surface area contributed by atoms with Gasteiger partial charge in [-0.3, -0.25) is 0 Å². The van der Waals surface area contributed by atoms with Crippen LogP contribution in [0.3, 0.4) is 0 Å². The van der Waals surface area contributed by atoms with Crippen LogP contribution in [0.2, 0.25) is 0 Å². The van der Waals surface area contributed by atoms with Crippen molar-refractivity contribution in [2.24, 2.45) is 0 Å². The van der Waals surface area contributed by atoms with Gasteiger partial charge in [0.05, 0.1) is 29.3 Å². The van der Waals surface area contributed by atoms with Crippen molar-refractivity contribution in [2.75, 3.05) is 29.9 Å². The number of para-hydroxylation sites is 4. The maximum atomic E-state index is 13.9. The topological polar surface area (TPSA) is 43.7 Å². The second-order valence-electron chi connectivity index (χ2n) is 7.67. The molecule has 31 heavy (non-hydrogen) atoms. The van der Waals surface area contributed by atoms with E-state index in [0.29, 0.717) is 16.5 Å². The fourth-order valence-electron chi connectivity index (χ4n) is 3.88. The van der Waals surface area contributed by atoms with E-state index in [4.69, 9.17) is 4.42 Å². The quantitative estimate of drug-likeness (QED) is 0.358. The molecule has 0 aliphatic carbocycles. The van der Waals surface area contributed by atoms with Gasteiger partial charge in [-0.25, -0.2) is 5.12 Å². The van der Waals surface area contributed by atoms with Crippen LogP contribution in [-0.2, 0) is 6.54 Å². The van der Waals surface area contributed by atoms with Crippen LogP contribution < -0.4 is 15.8 Å². The number of nitrogens with one attached hydrogen (secondary N) is 2. The van der Waals surface area contributed by atoms with E-state index in [1.54, 1.807) is 6.07 Å². The highest BCUT2D eigenvalue weighted by Crippen LogP contribution is 2.36. The second-order valence-corrected chi connectivity index (χ2v) is 7.67. The van der Waals surface area contributed by atoms with Crippen LogP contribution in [0.4, 0.5) is 32.9 Å². The number of halogens is 1. The molecule has 3 aromatic carbocycles. The number of anilines is 5. The Labute approximate surface area is 180 Å². The van der Waals surface area contributed by atoms with E-state index < -0.39 is 0 Å². The van der Waals surface area contributed by atoms with Crippen molar-refractivity contribution >= 4 is 45.5 Å². The van der Waals surface area contributed by atoms with Gasteiger partial charge in [0.1, 0.15) is 11.3 Å². The summed E-state index contributed by atoms with van der Waals surface area (Å²) in [5.74, 6) is 0.978. The van der Waals surface area contributed by atoms with Gasteiger partial charge in [-0.15, -0.1) is 4.48 Å². The van der Waals surface area contributed by atoms with Crippen LogP contribution in [0.1, 0.15) is 11.3 Å². The lowest BCUT2D eigenvalue weighted by Crippen LogP contribution is -2.12. The monoisotopic (exact) mass is 414 g/mol. The van der Waals surface area contributed by atoms with E-state index in [2.05, 4.69) is 33.9 Å². The Morgan fingerprint density at radius 2 is 1.65 bits per heavy atom. The van der Waals surface area contributed by atoms with E-state index in [9.17, 15) is 4.48 Å². The zero-order chi connectivity index (χ0) is 21.4. The van der Waals surface area contributed by atoms with Crippen molar-refractivity contribution in [3.63, 3.8) is 0 Å². The van der Waals surface area contributed by atoms with Crippen molar-refractivity contribution in [1.82, 2.24) is 4.90 Å². The standard InChI is InChI=1S/C25H23FN4O/c1-29-14-13-18-19-15-17(11-12-24(19)31-25(18)16-29)27-20-7-3-4-8-21(20)28-22-9-5-6-10-23(22)30(2)26/h3-15,27-28H,16H2,1-2H3. The Morgan fingerprint density at radius 3 is 2.42 bits per heavy atom. The number of fused-ring (bicyclic) bond motifs is 3. The minimum absolute atomic E-state index is 0.473. The van der Waals surface area contributed by atoms with Crippen LogP contribution in [0.25, 0.3) is 17.0 Å². The second kappa shape index (κ2) is 7.72. The minimum Gasteiger partial charge on any atom is -0.459 e. The molecule has 0 unspecified atom stereocenters. The van der Waals surface area contributed by atoms with Crippen molar-refractivity contribution in [2.45, 2.75) is 6.54 Å². The van der Waals surface area contributed by atoms with Crippen molar-refractivity contribution in [1.29, 1.82) is 0 Å². The van der Waals surface area contributed by atoms with Crippen LogP contribution in [0.5, 0.6) is 0 Å². The lowest BCUT2D eigenvalue weighted by molar-refractivity contribution is 0.388. The maximum absolute atomic E-state index is 13.9. The van der Waals surface area contributed by atoms with Gasteiger partial charge in [0.2, 0.25) is 0 Å². The summed E-state index contributed by atoms with van der Waals surface area (Å²) in [6, 6.07) is 21.3. The van der Waals surface area contributed by atoms with Gasteiger partial charge in [-0.1, -0.05) is 24.3 Å². The summed E-state index contributed by atoms with van der Waals surface area (Å²) in [6.45, 7) is 0.762. The molecule has 5 nitrogen and oxygen atoms in total. The number of hydrogen-bond donors (Lipinski definition) is 2. The first-order valence-electron chi connectivity index (χ1n) is 10.1. The van der Waals surface area contributed by atoms with Crippen molar-refractivity contribution < 1.29 is 8.90 Å². The summed E-state index contributed by atoms with van der Waals surface area (Å²) in [4.78, 5) is 2.10. The van der Waals surface area contributed by atoms with Gasteiger partial charge in [-0.05, 0) is 54.7 Å². The first-order valence-corrected chi connectivity index (χ1v) is 10.1. The fraction of sp³-hybridized carbons (Fsp3) is 0.120. The number of nitrogens with zero attached hydrogens (tertiary/aromatic N) is 2. The summed E-state index contributed by atoms with van der Waals surface area (Å²) in [7, 11) is 3.42. The lowest BCUT2D eigenvalue weighted by atomic mass is 10.1. The van der Waals surface area contributed by atoms with E-state index in [-0.39, 0.29) is 0 Å². The summed E-state index contributed by atoms with van der Waals surface area (Å²) in [6.07, 6.45) is 4.16. The average molecular weight is 414 g/mol. The largest absolute Gasteiger partial charge is 0.459 e. The smallest absolute Gasteiger partial charge is 0.135 e. The first kappa shape index (κ1) is 19.1. The Morgan fingerprint density at radius 1 is 0.935 bits per heavy atom. The number of hydrogen-bond acceptors (Lipinski definition) is 5. The molecule has 156 valence electrons. The molecule has 6 heteroatoms. The maximum Gasteiger partial charge on any atom is 0.135 e. The van der Waals surface area contributed by atoms with Gasteiger partial charge >= 0.3 is 0 Å². The third-order valence-electron chi connectivity index (χ3n) is 5.40. The van der Waals surface area contributed by atoms with E-state index in [1.807, 2.05) is 61.6 Å². The average Bonchev–Trinajstić information content (AvgIpc) is 3.12. The summed E-state index contributed by atoms with van der Waals surface area (Å²) >= 11 is 0. The van der Waals surface area contributed by atoms with Crippen LogP contribution in [0, 0.1) is 0 Å². The van der Waals surface area contributed by atoms with Crippen LogP contribution in [0.15, 0.2) is 77.3 Å². The molecule has 0 spiro atoms. The van der Waals surface area contributed by atoms with E-state index >= 15 is 0 Å². The fourth-order valence-corrected chi connectivity index (χ4v) is 3.88. The van der Waals surface area contributed by atoms with Gasteiger partial charge in [0.15, 0.2) is 0 Å². The summed E-state index contributed by atoms with van der Waals surface area (Å²) in [5.41, 5.74) is 5.87. The number of rotatable bonds is 5. The molecule has 2 N–H and O–H groups in total. The Hall–Kier alpha value is -3.93. The number of benzene rings is 3. The molecule has 1 aromatic heterocycles. The zero-order valence-corrected chi connectivity index (χ0v) is 17.4. The molecule has 0 atom stereocenters. The molecule has 0 saturated carbocycles. The highest BCUT2D eigenvalue weighted by Gasteiger charge is 2.17. The first-order chi connectivity index (χ1) is 15.1. The summed E-state index contributed by atoms with van der Waals surface area (Å²) in [5, 5.41) is 8.54. The highest BCUT2D eigenvalue weighted by molar-refractivity contribution is 5.92. The van der Waals surface area contributed by atoms with Crippen LogP contribution in [-0.4, -0.2) is 19.0 Å². The molecule has 0 radical (unpaired) electrons. The molecular formula is C25H23FN4O. The molecule has 0 amide bonds. The van der Waals surface area contributed by atoms with Gasteiger partial charge < -0.3 is 20.0 Å². The van der Waals surface area contributed by atoms with E-state index in [0.717, 1.165) is 45.9 Å². The Kier molecular flexibility index (Phi) is 4.75. The number of furan rings is 1. The molecule has 4 aromatic rings. The zero-order valence-electron chi connectivity index (χ0n) is 17.4. The Balaban J connectivity index is 1.47. The Bertz CT molecular complexity index is 1280. The third-order valence-corrected chi connectivity index (χ3v) is 5.40. The molecule has 5 rings (SSSR count). The van der Waals surface area contributed by atoms with Crippen molar-refractivity contribution in [3.8, 4) is 0 Å². The third kappa shape index (κ3) is 3.68. The SMILES string of the molecule is CN1C=Cc2c(oc3ccc(Nc4ccccc4Nc4ccccc4N(C)F)cc23)C1. The van der Waals surface area contributed by atoms with Gasteiger partial charge in [-0.2, -0.15) is 0 Å².